The molecule has 0 saturated carbocycles. The van der Waals surface area contributed by atoms with Crippen LogP contribution >= 0.6 is 0 Å². The first kappa shape index (κ1) is 12.3. The Bertz CT molecular complexity index is 374. The van der Waals surface area contributed by atoms with Crippen molar-refractivity contribution in [2.24, 2.45) is 0 Å². The summed E-state index contributed by atoms with van der Waals surface area (Å²) in [7, 11) is 2.10. The van der Waals surface area contributed by atoms with Crippen molar-refractivity contribution in [2.45, 2.75) is 44.7 Å². The van der Waals surface area contributed by atoms with E-state index in [0.29, 0.717) is 11.8 Å². The zero-order valence-corrected chi connectivity index (χ0v) is 10.7. The minimum absolute atomic E-state index is 0.0916. The van der Waals surface area contributed by atoms with Crippen LogP contribution in [0.2, 0.25) is 0 Å². The fraction of sp³-hybridized carbons (Fsp3) is 0.533. The smallest absolute Gasteiger partial charge is 0.151 e. The molecule has 2 nitrogen and oxygen atoms in total. The van der Waals surface area contributed by atoms with Gasteiger partial charge in [0, 0.05) is 12.5 Å². The molecule has 1 aromatic rings. The van der Waals surface area contributed by atoms with Gasteiger partial charge in [0.2, 0.25) is 0 Å². The predicted molar refractivity (Wildman–Crippen MR) is 70.0 cm³/mol. The maximum atomic E-state index is 12.0. The molecule has 0 spiro atoms. The highest BCUT2D eigenvalue weighted by atomic mass is 16.1. The zero-order chi connectivity index (χ0) is 12.3. The summed E-state index contributed by atoms with van der Waals surface area (Å²) in [6.45, 7) is 2.18. The second kappa shape index (κ2) is 5.46. The molecule has 2 heteroatoms. The number of Topliss-reactive ketones (excluding diaryl/α,β-unsaturated/α-hetero) is 1. The SMILES string of the molecule is CCCC1CC(=O)C(Cc2ccccc2)N1C. The molecule has 1 aliphatic heterocycles. The van der Waals surface area contributed by atoms with Crippen molar-refractivity contribution in [1.29, 1.82) is 0 Å². The number of carbonyl (C=O) groups is 1. The third kappa shape index (κ3) is 2.75. The Hall–Kier alpha value is -1.15. The van der Waals surface area contributed by atoms with Crippen LogP contribution in [0.1, 0.15) is 31.7 Å². The van der Waals surface area contributed by atoms with E-state index in [1.165, 1.54) is 5.56 Å². The summed E-state index contributed by atoms with van der Waals surface area (Å²) in [5.41, 5.74) is 1.26. The fourth-order valence-corrected chi connectivity index (χ4v) is 2.73. The molecule has 2 unspecified atom stereocenters. The van der Waals surface area contributed by atoms with Crippen molar-refractivity contribution in [1.82, 2.24) is 4.90 Å². The van der Waals surface area contributed by atoms with E-state index in [1.807, 2.05) is 18.2 Å². The molecule has 0 aliphatic carbocycles. The summed E-state index contributed by atoms with van der Waals surface area (Å²) < 4.78 is 0. The van der Waals surface area contributed by atoms with E-state index in [-0.39, 0.29) is 6.04 Å². The number of likely N-dealkylation sites (tertiary alicyclic amines) is 1. The molecule has 17 heavy (non-hydrogen) atoms. The molecular weight excluding hydrogens is 210 g/mol. The first-order valence-corrected chi connectivity index (χ1v) is 6.51. The Morgan fingerprint density at radius 3 is 2.65 bits per heavy atom. The highest BCUT2D eigenvalue weighted by molar-refractivity contribution is 5.87. The fourth-order valence-electron chi connectivity index (χ4n) is 2.73. The van der Waals surface area contributed by atoms with Gasteiger partial charge in [-0.3, -0.25) is 9.69 Å². The van der Waals surface area contributed by atoms with Crippen molar-refractivity contribution >= 4 is 5.78 Å². The summed E-state index contributed by atoms with van der Waals surface area (Å²) in [5, 5.41) is 0. The molecule has 0 amide bonds. The van der Waals surface area contributed by atoms with Crippen molar-refractivity contribution < 1.29 is 4.79 Å². The van der Waals surface area contributed by atoms with Crippen LogP contribution in [0.5, 0.6) is 0 Å². The molecule has 2 atom stereocenters. The van der Waals surface area contributed by atoms with Gasteiger partial charge >= 0.3 is 0 Å². The molecule has 92 valence electrons. The highest BCUT2D eigenvalue weighted by Crippen LogP contribution is 2.25. The van der Waals surface area contributed by atoms with Crippen LogP contribution in [0, 0.1) is 0 Å². The van der Waals surface area contributed by atoms with Gasteiger partial charge in [-0.25, -0.2) is 0 Å². The summed E-state index contributed by atoms with van der Waals surface area (Å²) in [6, 6.07) is 10.9. The molecule has 0 radical (unpaired) electrons. The van der Waals surface area contributed by atoms with Crippen LogP contribution in [-0.4, -0.2) is 29.8 Å². The first-order chi connectivity index (χ1) is 8.22. The molecule has 2 rings (SSSR count). The van der Waals surface area contributed by atoms with Crippen LogP contribution in [0.25, 0.3) is 0 Å². The van der Waals surface area contributed by atoms with Gasteiger partial charge in [0.05, 0.1) is 6.04 Å². The maximum Gasteiger partial charge on any atom is 0.151 e. The molecule has 0 bridgehead atoms. The number of ketones is 1. The van der Waals surface area contributed by atoms with Crippen LogP contribution in [0.4, 0.5) is 0 Å². The standard InChI is InChI=1S/C15H21NO/c1-3-7-13-11-15(17)14(16(13)2)10-12-8-5-4-6-9-12/h4-6,8-9,13-14H,3,7,10-11H2,1-2H3. The lowest BCUT2D eigenvalue weighted by Gasteiger charge is -2.24. The quantitative estimate of drug-likeness (QED) is 0.794. The number of likely N-dealkylation sites (N-methyl/N-ethyl adjacent to an activating group) is 1. The van der Waals surface area contributed by atoms with Gasteiger partial charge in [-0.15, -0.1) is 0 Å². The van der Waals surface area contributed by atoms with E-state index in [9.17, 15) is 4.79 Å². The minimum Gasteiger partial charge on any atom is -0.298 e. The van der Waals surface area contributed by atoms with E-state index < -0.39 is 0 Å². The highest BCUT2D eigenvalue weighted by Gasteiger charge is 2.36. The van der Waals surface area contributed by atoms with Crippen LogP contribution in [-0.2, 0) is 11.2 Å². The summed E-state index contributed by atoms with van der Waals surface area (Å²) in [4.78, 5) is 14.3. The van der Waals surface area contributed by atoms with E-state index in [2.05, 4.69) is 31.0 Å². The van der Waals surface area contributed by atoms with Gasteiger partial charge in [0.1, 0.15) is 0 Å². The monoisotopic (exact) mass is 231 g/mol. The third-order valence-corrected chi connectivity index (χ3v) is 3.77. The molecule has 0 aromatic heterocycles. The Balaban J connectivity index is 2.04. The number of hydrogen-bond acceptors (Lipinski definition) is 2. The second-order valence-electron chi connectivity index (χ2n) is 4.98. The van der Waals surface area contributed by atoms with Crippen LogP contribution < -0.4 is 0 Å². The van der Waals surface area contributed by atoms with Crippen molar-refractivity contribution in [3.8, 4) is 0 Å². The van der Waals surface area contributed by atoms with Crippen molar-refractivity contribution in [3.63, 3.8) is 0 Å². The number of rotatable bonds is 4. The Labute approximate surface area is 104 Å². The third-order valence-electron chi connectivity index (χ3n) is 3.77. The van der Waals surface area contributed by atoms with E-state index in [4.69, 9.17) is 0 Å². The van der Waals surface area contributed by atoms with Gasteiger partial charge in [-0.1, -0.05) is 43.7 Å². The van der Waals surface area contributed by atoms with Gasteiger partial charge in [0.15, 0.2) is 5.78 Å². The lowest BCUT2D eigenvalue weighted by Crippen LogP contribution is -2.35. The summed E-state index contributed by atoms with van der Waals surface area (Å²) >= 11 is 0. The first-order valence-electron chi connectivity index (χ1n) is 6.51. The van der Waals surface area contributed by atoms with Crippen LogP contribution in [0.3, 0.4) is 0 Å². The van der Waals surface area contributed by atoms with Crippen molar-refractivity contribution in [2.75, 3.05) is 7.05 Å². The minimum atomic E-state index is 0.0916. The predicted octanol–water partition coefficient (Wildman–Crippen LogP) is 2.67. The molecule has 0 N–H and O–H groups in total. The molecular formula is C15H21NO. The number of benzene rings is 1. The molecule has 1 fully saturated rings. The van der Waals surface area contributed by atoms with E-state index >= 15 is 0 Å². The van der Waals surface area contributed by atoms with Gasteiger partial charge in [0.25, 0.3) is 0 Å². The molecule has 1 heterocycles. The van der Waals surface area contributed by atoms with Crippen LogP contribution in [0.15, 0.2) is 30.3 Å². The largest absolute Gasteiger partial charge is 0.298 e. The van der Waals surface area contributed by atoms with Gasteiger partial charge < -0.3 is 0 Å². The molecule has 1 aliphatic rings. The number of nitrogens with zero attached hydrogens (tertiary/aromatic N) is 1. The lowest BCUT2D eigenvalue weighted by atomic mass is 10.0. The average molecular weight is 231 g/mol. The average Bonchev–Trinajstić information content (AvgIpc) is 2.59. The summed E-state index contributed by atoms with van der Waals surface area (Å²) in [5.74, 6) is 0.412. The number of hydrogen-bond donors (Lipinski definition) is 0. The molecule has 1 saturated heterocycles. The Kier molecular flexibility index (Phi) is 3.95. The summed E-state index contributed by atoms with van der Waals surface area (Å²) in [6.07, 6.45) is 3.88. The Morgan fingerprint density at radius 2 is 2.00 bits per heavy atom. The van der Waals surface area contributed by atoms with E-state index in [0.717, 1.165) is 25.7 Å². The second-order valence-corrected chi connectivity index (χ2v) is 4.98. The van der Waals surface area contributed by atoms with E-state index in [1.54, 1.807) is 0 Å². The lowest BCUT2D eigenvalue weighted by molar-refractivity contribution is -0.119. The Morgan fingerprint density at radius 1 is 1.29 bits per heavy atom. The normalized spacial score (nSPS) is 25.4. The van der Waals surface area contributed by atoms with Gasteiger partial charge in [-0.05, 0) is 25.5 Å². The maximum absolute atomic E-state index is 12.0. The topological polar surface area (TPSA) is 20.3 Å². The van der Waals surface area contributed by atoms with Crippen molar-refractivity contribution in [3.05, 3.63) is 35.9 Å². The molecule has 1 aromatic carbocycles. The number of carbonyl (C=O) groups excluding carboxylic acids is 1. The zero-order valence-electron chi connectivity index (χ0n) is 10.7. The van der Waals surface area contributed by atoms with Gasteiger partial charge in [-0.2, -0.15) is 0 Å².